The van der Waals surface area contributed by atoms with Gasteiger partial charge in [-0.1, -0.05) is 12.1 Å². The van der Waals surface area contributed by atoms with Gasteiger partial charge in [0.15, 0.2) is 0 Å². The van der Waals surface area contributed by atoms with Gasteiger partial charge in [-0.25, -0.2) is 4.98 Å². The Morgan fingerprint density at radius 3 is 2.85 bits per heavy atom. The van der Waals surface area contributed by atoms with Crippen LogP contribution in [-0.2, 0) is 11.2 Å². The maximum Gasteiger partial charge on any atom is 0.573 e. The topological polar surface area (TPSA) is 76.6 Å². The lowest BCUT2D eigenvalue weighted by molar-refractivity contribution is -0.274. The first-order chi connectivity index (χ1) is 15.8. The molecule has 12 heteroatoms. The van der Waals surface area contributed by atoms with Crippen LogP contribution in [0, 0.1) is 0 Å². The quantitative estimate of drug-likeness (QED) is 0.510. The average Bonchev–Trinajstić information content (AvgIpc) is 3.43. The first kappa shape index (κ1) is 23.6. The zero-order valence-corrected chi connectivity index (χ0v) is 19.2. The normalized spacial score (nSPS) is 15.9. The Morgan fingerprint density at radius 2 is 2.09 bits per heavy atom. The van der Waals surface area contributed by atoms with Gasteiger partial charge in [0.2, 0.25) is 5.13 Å². The van der Waals surface area contributed by atoms with Gasteiger partial charge in [0.1, 0.15) is 11.6 Å². The van der Waals surface area contributed by atoms with E-state index < -0.39 is 6.36 Å². The molecular formula is C21H21F3N4O3S2. The number of amides is 1. The van der Waals surface area contributed by atoms with Gasteiger partial charge in [0.05, 0.1) is 18.8 Å². The van der Waals surface area contributed by atoms with Crippen molar-refractivity contribution in [1.82, 2.24) is 14.3 Å². The van der Waals surface area contributed by atoms with Crippen molar-refractivity contribution in [3.05, 3.63) is 47.1 Å². The predicted octanol–water partition coefficient (Wildman–Crippen LogP) is 4.68. The number of nitrogens with zero attached hydrogens (tertiary/aromatic N) is 3. The van der Waals surface area contributed by atoms with Crippen molar-refractivity contribution >= 4 is 33.9 Å². The number of carbonyl (C=O) groups is 1. The van der Waals surface area contributed by atoms with Gasteiger partial charge < -0.3 is 9.47 Å². The van der Waals surface area contributed by atoms with E-state index in [1.54, 1.807) is 17.5 Å². The third-order valence-electron chi connectivity index (χ3n) is 5.05. The van der Waals surface area contributed by atoms with Crippen LogP contribution in [0.5, 0.6) is 5.75 Å². The summed E-state index contributed by atoms with van der Waals surface area (Å²) in [6, 6.07) is 7.53. The Hall–Kier alpha value is -2.54. The van der Waals surface area contributed by atoms with Crippen LogP contribution in [0.3, 0.4) is 0 Å². The number of rotatable bonds is 7. The molecule has 3 aromatic rings. The molecule has 0 radical (unpaired) electrons. The lowest BCUT2D eigenvalue weighted by Gasteiger charge is -2.31. The van der Waals surface area contributed by atoms with Crippen molar-refractivity contribution in [3.63, 3.8) is 0 Å². The van der Waals surface area contributed by atoms with E-state index in [1.807, 2.05) is 0 Å². The fourth-order valence-corrected chi connectivity index (χ4v) is 4.90. The summed E-state index contributed by atoms with van der Waals surface area (Å²) in [7, 11) is 0. The molecule has 0 saturated carbocycles. The molecule has 1 aliphatic rings. The van der Waals surface area contributed by atoms with Crippen molar-refractivity contribution in [2.45, 2.75) is 25.7 Å². The van der Waals surface area contributed by atoms with Crippen LogP contribution in [0.25, 0.3) is 10.4 Å². The highest BCUT2D eigenvalue weighted by Gasteiger charge is 2.31. The van der Waals surface area contributed by atoms with Gasteiger partial charge in [-0.15, -0.1) is 24.5 Å². The highest BCUT2D eigenvalue weighted by molar-refractivity contribution is 7.14. The van der Waals surface area contributed by atoms with Gasteiger partial charge >= 0.3 is 6.36 Å². The number of hydrogen-bond acceptors (Lipinski definition) is 8. The summed E-state index contributed by atoms with van der Waals surface area (Å²) < 4.78 is 51.1. The number of ether oxygens (including phenoxy) is 2. The van der Waals surface area contributed by atoms with E-state index in [1.165, 1.54) is 29.5 Å². The van der Waals surface area contributed by atoms with Crippen LogP contribution in [0.2, 0.25) is 0 Å². The van der Waals surface area contributed by atoms with Gasteiger partial charge in [0, 0.05) is 47.3 Å². The smallest absolute Gasteiger partial charge is 0.406 e. The van der Waals surface area contributed by atoms with E-state index in [-0.39, 0.29) is 17.7 Å². The van der Waals surface area contributed by atoms with Crippen molar-refractivity contribution in [2.75, 3.05) is 31.6 Å². The summed E-state index contributed by atoms with van der Waals surface area (Å²) in [5.41, 5.74) is 0.909. The number of thiophene rings is 1. The molecule has 4 rings (SSSR count). The highest BCUT2D eigenvalue weighted by atomic mass is 32.1. The maximum atomic E-state index is 12.6. The number of alkyl halides is 3. The number of hydrogen-bond donors (Lipinski definition) is 1. The van der Waals surface area contributed by atoms with E-state index in [9.17, 15) is 18.0 Å². The first-order valence-electron chi connectivity index (χ1n) is 10.2. The number of benzene rings is 1. The predicted molar refractivity (Wildman–Crippen MR) is 120 cm³/mol. The summed E-state index contributed by atoms with van der Waals surface area (Å²) in [6.45, 7) is 5.31. The fourth-order valence-electron chi connectivity index (χ4n) is 3.42. The Kier molecular flexibility index (Phi) is 7.27. The molecule has 0 bridgehead atoms. The minimum absolute atomic E-state index is 0.267. The van der Waals surface area contributed by atoms with E-state index >= 15 is 0 Å². The van der Waals surface area contributed by atoms with Crippen molar-refractivity contribution in [2.24, 2.45) is 0 Å². The van der Waals surface area contributed by atoms with E-state index in [0.29, 0.717) is 33.4 Å². The van der Waals surface area contributed by atoms with E-state index in [2.05, 4.69) is 31.2 Å². The molecule has 1 fully saturated rings. The molecule has 1 aromatic carbocycles. The average molecular weight is 499 g/mol. The molecule has 0 aliphatic carbocycles. The molecule has 2 aromatic heterocycles. The number of morpholine rings is 1. The van der Waals surface area contributed by atoms with E-state index in [4.69, 9.17) is 4.74 Å². The SMILES string of the molecule is CC(Cc1nsc(NC(=O)c2csc(-c3cccc(OC(F)(F)F)c3)c2)n1)N1CCOCC1. The van der Waals surface area contributed by atoms with Gasteiger partial charge in [-0.3, -0.25) is 15.0 Å². The summed E-state index contributed by atoms with van der Waals surface area (Å²) >= 11 is 2.37. The summed E-state index contributed by atoms with van der Waals surface area (Å²) in [5.74, 6) is -0.00185. The molecule has 7 nitrogen and oxygen atoms in total. The molecule has 1 saturated heterocycles. The van der Waals surface area contributed by atoms with Crippen molar-refractivity contribution in [1.29, 1.82) is 0 Å². The van der Waals surface area contributed by atoms with Crippen molar-refractivity contribution in [3.8, 4) is 16.2 Å². The molecule has 1 amide bonds. The van der Waals surface area contributed by atoms with Gasteiger partial charge in [-0.2, -0.15) is 4.37 Å². The number of halogens is 3. The third kappa shape index (κ3) is 6.50. The van der Waals surface area contributed by atoms with E-state index in [0.717, 1.165) is 37.8 Å². The standard InChI is InChI=1S/C21H21F3N4O3S2/c1-13(28-5-7-30-8-6-28)9-18-25-20(33-27-18)26-19(29)15-11-17(32-12-15)14-3-2-4-16(10-14)31-21(22,23)24/h2-4,10-13H,5-9H2,1H3,(H,25,26,27,29). The number of aromatic nitrogens is 2. The van der Waals surface area contributed by atoms with Crippen molar-refractivity contribution < 1.29 is 27.4 Å². The van der Waals surface area contributed by atoms with Crippen LogP contribution in [0.1, 0.15) is 23.1 Å². The molecule has 0 spiro atoms. The van der Waals surface area contributed by atoms with Gasteiger partial charge in [0.25, 0.3) is 5.91 Å². The number of anilines is 1. The highest BCUT2D eigenvalue weighted by Crippen LogP contribution is 2.32. The second kappa shape index (κ2) is 10.2. The summed E-state index contributed by atoms with van der Waals surface area (Å²) in [6.07, 6.45) is -4.09. The fraction of sp³-hybridized carbons (Fsp3) is 0.381. The Morgan fingerprint density at radius 1 is 1.30 bits per heavy atom. The van der Waals surface area contributed by atoms with Crippen LogP contribution in [0.4, 0.5) is 18.3 Å². The molecule has 33 heavy (non-hydrogen) atoms. The van der Waals surface area contributed by atoms with Crippen LogP contribution in [-0.4, -0.2) is 58.9 Å². The third-order valence-corrected chi connectivity index (χ3v) is 6.70. The second-order valence-electron chi connectivity index (χ2n) is 7.45. The number of nitrogens with one attached hydrogen (secondary N) is 1. The zero-order chi connectivity index (χ0) is 23.4. The largest absolute Gasteiger partial charge is 0.573 e. The Labute approximate surface area is 196 Å². The lowest BCUT2D eigenvalue weighted by Crippen LogP contribution is -2.43. The molecule has 3 heterocycles. The lowest BCUT2D eigenvalue weighted by atomic mass is 10.1. The Bertz CT molecular complexity index is 1100. The van der Waals surface area contributed by atoms with Crippen LogP contribution in [0.15, 0.2) is 35.7 Å². The minimum Gasteiger partial charge on any atom is -0.406 e. The molecule has 1 unspecified atom stereocenters. The molecular weight excluding hydrogens is 477 g/mol. The first-order valence-corrected chi connectivity index (χ1v) is 11.8. The monoisotopic (exact) mass is 498 g/mol. The van der Waals surface area contributed by atoms with Crippen LogP contribution < -0.4 is 10.1 Å². The summed E-state index contributed by atoms with van der Waals surface area (Å²) in [5, 5.41) is 4.79. The number of carbonyl (C=O) groups excluding carboxylic acids is 1. The molecule has 176 valence electrons. The zero-order valence-electron chi connectivity index (χ0n) is 17.6. The van der Waals surface area contributed by atoms with Crippen LogP contribution >= 0.6 is 22.9 Å². The second-order valence-corrected chi connectivity index (χ2v) is 9.11. The minimum atomic E-state index is -4.76. The Balaban J connectivity index is 1.37. The molecule has 1 atom stereocenters. The molecule has 1 N–H and O–H groups in total. The summed E-state index contributed by atoms with van der Waals surface area (Å²) in [4.78, 5) is 20.0. The maximum absolute atomic E-state index is 12.6. The van der Waals surface area contributed by atoms with Gasteiger partial charge in [-0.05, 0) is 30.7 Å². The molecule has 1 aliphatic heterocycles.